The first kappa shape index (κ1) is 16.3. The van der Waals surface area contributed by atoms with Crippen LogP contribution >= 0.6 is 11.3 Å². The zero-order valence-electron chi connectivity index (χ0n) is 13.2. The first-order valence-electron chi connectivity index (χ1n) is 7.30. The van der Waals surface area contributed by atoms with Gasteiger partial charge in [-0.15, -0.1) is 11.3 Å². The van der Waals surface area contributed by atoms with Gasteiger partial charge in [-0.3, -0.25) is 0 Å². The maximum Gasteiger partial charge on any atom is 0.315 e. The number of hydrogen-bond donors (Lipinski definition) is 2. The number of amides is 2. The van der Waals surface area contributed by atoms with E-state index in [0.29, 0.717) is 13.1 Å². The molecule has 2 aromatic heterocycles. The molecule has 2 aromatic rings. The molecule has 118 valence electrons. The van der Waals surface area contributed by atoms with Gasteiger partial charge >= 0.3 is 6.03 Å². The molecule has 22 heavy (non-hydrogen) atoms. The lowest BCUT2D eigenvalue weighted by atomic mass is 10.2. The van der Waals surface area contributed by atoms with Gasteiger partial charge in [0.2, 0.25) is 0 Å². The van der Waals surface area contributed by atoms with Crippen LogP contribution in [-0.2, 0) is 19.5 Å². The number of aromatic nitrogens is 1. The Labute approximate surface area is 135 Å². The van der Waals surface area contributed by atoms with Crippen molar-refractivity contribution in [3.8, 4) is 0 Å². The molecule has 5 nitrogen and oxygen atoms in total. The summed E-state index contributed by atoms with van der Waals surface area (Å²) in [6.07, 6.45) is 0.989. The van der Waals surface area contributed by atoms with Gasteiger partial charge in [-0.1, -0.05) is 13.0 Å². The molecular weight excluding hydrogens is 296 g/mol. The molecule has 0 unspecified atom stereocenters. The average Bonchev–Trinajstić information content (AvgIpc) is 2.98. The van der Waals surface area contributed by atoms with E-state index in [1.165, 1.54) is 10.4 Å². The molecule has 0 aliphatic heterocycles. The molecule has 0 atom stereocenters. The Morgan fingerprint density at radius 3 is 2.73 bits per heavy atom. The van der Waals surface area contributed by atoms with Crippen LogP contribution in [0, 0.1) is 0 Å². The quantitative estimate of drug-likeness (QED) is 0.861. The van der Waals surface area contributed by atoms with E-state index in [-0.39, 0.29) is 6.03 Å². The van der Waals surface area contributed by atoms with Crippen LogP contribution in [0.3, 0.4) is 0 Å². The molecule has 0 radical (unpaired) electrons. The summed E-state index contributed by atoms with van der Waals surface area (Å²) >= 11 is 1.68. The van der Waals surface area contributed by atoms with Gasteiger partial charge in [0.05, 0.1) is 18.8 Å². The Hall–Kier alpha value is -2.08. The summed E-state index contributed by atoms with van der Waals surface area (Å²) < 4.78 is 0. The lowest BCUT2D eigenvalue weighted by Gasteiger charge is -2.12. The second-order valence-corrected chi connectivity index (χ2v) is 6.14. The van der Waals surface area contributed by atoms with Gasteiger partial charge in [0.1, 0.15) is 5.82 Å². The highest BCUT2D eigenvalue weighted by Gasteiger charge is 2.06. The molecule has 0 aliphatic rings. The van der Waals surface area contributed by atoms with Gasteiger partial charge in [-0.05, 0) is 35.6 Å². The predicted molar refractivity (Wildman–Crippen MR) is 91.3 cm³/mol. The number of carbonyl (C=O) groups excluding carboxylic acids is 1. The number of rotatable bonds is 6. The van der Waals surface area contributed by atoms with Crippen molar-refractivity contribution in [2.24, 2.45) is 0 Å². The van der Waals surface area contributed by atoms with Crippen molar-refractivity contribution >= 4 is 23.2 Å². The third-order valence-corrected chi connectivity index (χ3v) is 4.27. The smallest absolute Gasteiger partial charge is 0.315 e. The molecule has 2 N–H and O–H groups in total. The van der Waals surface area contributed by atoms with E-state index in [4.69, 9.17) is 0 Å². The lowest BCUT2D eigenvalue weighted by molar-refractivity contribution is 0.240. The Morgan fingerprint density at radius 1 is 1.23 bits per heavy atom. The number of hydrogen-bond acceptors (Lipinski definition) is 4. The summed E-state index contributed by atoms with van der Waals surface area (Å²) in [7, 11) is 3.89. The average molecular weight is 318 g/mol. The maximum atomic E-state index is 11.9. The Bertz CT molecular complexity index is 624. The fourth-order valence-electron chi connectivity index (χ4n) is 2.05. The van der Waals surface area contributed by atoms with Crippen molar-refractivity contribution in [1.29, 1.82) is 0 Å². The normalized spacial score (nSPS) is 10.3. The van der Waals surface area contributed by atoms with Gasteiger partial charge in [-0.2, -0.15) is 0 Å². The van der Waals surface area contributed by atoms with Crippen LogP contribution < -0.4 is 15.5 Å². The summed E-state index contributed by atoms with van der Waals surface area (Å²) in [5.41, 5.74) is 2.14. The number of nitrogens with zero attached hydrogens (tertiary/aromatic N) is 2. The number of thiophene rings is 1. The van der Waals surface area contributed by atoms with E-state index in [9.17, 15) is 4.79 Å². The summed E-state index contributed by atoms with van der Waals surface area (Å²) in [5, 5.41) is 7.79. The van der Waals surface area contributed by atoms with Crippen LogP contribution in [-0.4, -0.2) is 25.1 Å². The molecule has 0 saturated heterocycles. The Morgan fingerprint density at radius 2 is 2.00 bits per heavy atom. The zero-order valence-corrected chi connectivity index (χ0v) is 14.0. The zero-order chi connectivity index (χ0) is 15.9. The molecule has 0 aliphatic carbocycles. The molecule has 0 saturated carbocycles. The fraction of sp³-hybridized carbons (Fsp3) is 0.375. The first-order chi connectivity index (χ1) is 10.6. The minimum Gasteiger partial charge on any atom is -0.363 e. The van der Waals surface area contributed by atoms with Crippen LogP contribution in [0.4, 0.5) is 10.6 Å². The predicted octanol–water partition coefficient (Wildman–Crippen LogP) is 2.77. The second kappa shape index (κ2) is 7.79. The third kappa shape index (κ3) is 4.46. The molecular formula is C16H22N4OS. The van der Waals surface area contributed by atoms with E-state index >= 15 is 0 Å². The van der Waals surface area contributed by atoms with Gasteiger partial charge in [0, 0.05) is 19.0 Å². The molecule has 0 bridgehead atoms. The van der Waals surface area contributed by atoms with E-state index in [1.54, 1.807) is 11.3 Å². The highest BCUT2D eigenvalue weighted by atomic mass is 32.1. The number of nitrogens with one attached hydrogen (secondary N) is 2. The summed E-state index contributed by atoms with van der Waals surface area (Å²) in [6.45, 7) is 3.10. The summed E-state index contributed by atoms with van der Waals surface area (Å²) in [4.78, 5) is 19.5. The minimum atomic E-state index is -0.174. The first-order valence-corrected chi connectivity index (χ1v) is 8.18. The number of anilines is 1. The van der Waals surface area contributed by atoms with E-state index < -0.39 is 0 Å². The molecule has 2 rings (SSSR count). The standard InChI is InChI=1S/C16H22N4OS/c1-4-12-8-9-22-14(12)11-18-16(21)17-10-13-6-5-7-15(19-13)20(2)3/h5-9H,4,10-11H2,1-3H3,(H2,17,18,21). The van der Waals surface area contributed by atoms with Crippen LogP contribution in [0.5, 0.6) is 0 Å². The number of pyridine rings is 1. The minimum absolute atomic E-state index is 0.174. The molecule has 6 heteroatoms. The lowest BCUT2D eigenvalue weighted by Crippen LogP contribution is -2.34. The van der Waals surface area contributed by atoms with Crippen LogP contribution in [0.15, 0.2) is 29.6 Å². The number of urea groups is 1. The van der Waals surface area contributed by atoms with Crippen LogP contribution in [0.1, 0.15) is 23.1 Å². The SMILES string of the molecule is CCc1ccsc1CNC(=O)NCc1cccc(N(C)C)n1. The van der Waals surface area contributed by atoms with Crippen molar-refractivity contribution in [2.75, 3.05) is 19.0 Å². The molecule has 2 amide bonds. The van der Waals surface area contributed by atoms with Gasteiger partial charge < -0.3 is 15.5 Å². The summed E-state index contributed by atoms with van der Waals surface area (Å²) in [6, 6.07) is 7.72. The van der Waals surface area contributed by atoms with Crippen LogP contribution in [0.2, 0.25) is 0 Å². The molecule has 0 fully saturated rings. The van der Waals surface area contributed by atoms with Crippen molar-refractivity contribution in [3.63, 3.8) is 0 Å². The van der Waals surface area contributed by atoms with E-state index in [2.05, 4.69) is 34.0 Å². The number of carbonyl (C=O) groups is 1. The Balaban J connectivity index is 1.81. The van der Waals surface area contributed by atoms with Crippen molar-refractivity contribution < 1.29 is 4.79 Å². The van der Waals surface area contributed by atoms with Gasteiger partial charge in [-0.25, -0.2) is 9.78 Å². The fourth-order valence-corrected chi connectivity index (χ4v) is 2.96. The van der Waals surface area contributed by atoms with Gasteiger partial charge in [0.25, 0.3) is 0 Å². The monoisotopic (exact) mass is 318 g/mol. The highest BCUT2D eigenvalue weighted by molar-refractivity contribution is 7.10. The second-order valence-electron chi connectivity index (χ2n) is 5.14. The molecule has 2 heterocycles. The van der Waals surface area contributed by atoms with E-state index in [1.807, 2.05) is 37.2 Å². The van der Waals surface area contributed by atoms with Crippen molar-refractivity contribution in [2.45, 2.75) is 26.4 Å². The van der Waals surface area contributed by atoms with Crippen molar-refractivity contribution in [3.05, 3.63) is 45.8 Å². The number of aryl methyl sites for hydroxylation is 1. The Kier molecular flexibility index (Phi) is 5.77. The maximum absolute atomic E-state index is 11.9. The van der Waals surface area contributed by atoms with Crippen molar-refractivity contribution in [1.82, 2.24) is 15.6 Å². The topological polar surface area (TPSA) is 57.3 Å². The largest absolute Gasteiger partial charge is 0.363 e. The summed E-state index contributed by atoms with van der Waals surface area (Å²) in [5.74, 6) is 0.880. The third-order valence-electron chi connectivity index (χ3n) is 3.31. The molecule has 0 spiro atoms. The van der Waals surface area contributed by atoms with Crippen LogP contribution in [0.25, 0.3) is 0 Å². The van der Waals surface area contributed by atoms with Gasteiger partial charge in [0.15, 0.2) is 0 Å². The van der Waals surface area contributed by atoms with E-state index in [0.717, 1.165) is 17.9 Å². The molecule has 0 aromatic carbocycles. The highest BCUT2D eigenvalue weighted by Crippen LogP contribution is 2.16.